The summed E-state index contributed by atoms with van der Waals surface area (Å²) in [6.07, 6.45) is 1.51. The molecular formula is C16H23ClN2O2S. The second-order valence-electron chi connectivity index (χ2n) is 5.19. The maximum absolute atomic E-state index is 11.8. The molecule has 1 heterocycles. The van der Waals surface area contributed by atoms with Crippen LogP contribution in [-0.2, 0) is 9.53 Å². The van der Waals surface area contributed by atoms with Gasteiger partial charge in [-0.25, -0.2) is 0 Å². The SMILES string of the molecule is O=C(CCSc1ccccc1Cl)NCCCN1CCOCC1. The average molecular weight is 343 g/mol. The summed E-state index contributed by atoms with van der Waals surface area (Å²) < 4.78 is 5.31. The van der Waals surface area contributed by atoms with Gasteiger partial charge < -0.3 is 10.1 Å². The van der Waals surface area contributed by atoms with Gasteiger partial charge in [0.05, 0.1) is 18.2 Å². The van der Waals surface area contributed by atoms with Crippen LogP contribution in [0.2, 0.25) is 5.02 Å². The van der Waals surface area contributed by atoms with Crippen molar-refractivity contribution in [3.63, 3.8) is 0 Å². The first-order valence-electron chi connectivity index (χ1n) is 7.70. The van der Waals surface area contributed by atoms with Crippen molar-refractivity contribution in [3.8, 4) is 0 Å². The molecule has 1 saturated heterocycles. The number of rotatable bonds is 8. The molecule has 0 radical (unpaired) electrons. The molecule has 1 aliphatic heterocycles. The van der Waals surface area contributed by atoms with Gasteiger partial charge in [0.1, 0.15) is 0 Å². The molecule has 0 unspecified atom stereocenters. The van der Waals surface area contributed by atoms with Gasteiger partial charge in [-0.2, -0.15) is 0 Å². The number of nitrogens with zero attached hydrogens (tertiary/aromatic N) is 1. The first-order valence-corrected chi connectivity index (χ1v) is 9.06. The monoisotopic (exact) mass is 342 g/mol. The van der Waals surface area contributed by atoms with E-state index < -0.39 is 0 Å². The van der Waals surface area contributed by atoms with Crippen molar-refractivity contribution in [2.24, 2.45) is 0 Å². The summed E-state index contributed by atoms with van der Waals surface area (Å²) in [5, 5.41) is 3.73. The van der Waals surface area contributed by atoms with Gasteiger partial charge in [0.25, 0.3) is 0 Å². The van der Waals surface area contributed by atoms with Crippen LogP contribution < -0.4 is 5.32 Å². The number of nitrogens with one attached hydrogen (secondary N) is 1. The van der Waals surface area contributed by atoms with Crippen LogP contribution in [0.15, 0.2) is 29.2 Å². The van der Waals surface area contributed by atoms with Crippen molar-refractivity contribution in [2.45, 2.75) is 17.7 Å². The second-order valence-corrected chi connectivity index (χ2v) is 6.73. The maximum Gasteiger partial charge on any atom is 0.220 e. The third-order valence-corrected chi connectivity index (χ3v) is 5.02. The van der Waals surface area contributed by atoms with E-state index in [1.807, 2.05) is 24.3 Å². The number of amides is 1. The Morgan fingerprint density at radius 1 is 1.32 bits per heavy atom. The molecule has 0 atom stereocenters. The number of benzene rings is 1. The Morgan fingerprint density at radius 2 is 2.09 bits per heavy atom. The lowest BCUT2D eigenvalue weighted by molar-refractivity contribution is -0.120. The molecule has 1 N–H and O–H groups in total. The highest BCUT2D eigenvalue weighted by molar-refractivity contribution is 7.99. The third-order valence-electron chi connectivity index (χ3n) is 3.50. The molecule has 0 aromatic heterocycles. The molecule has 22 heavy (non-hydrogen) atoms. The maximum atomic E-state index is 11.8. The van der Waals surface area contributed by atoms with E-state index in [4.69, 9.17) is 16.3 Å². The van der Waals surface area contributed by atoms with Gasteiger partial charge in [-0.1, -0.05) is 23.7 Å². The van der Waals surface area contributed by atoms with E-state index in [-0.39, 0.29) is 5.91 Å². The third kappa shape index (κ3) is 6.57. The number of morpholine rings is 1. The molecule has 0 bridgehead atoms. The summed E-state index contributed by atoms with van der Waals surface area (Å²) in [7, 11) is 0. The highest BCUT2D eigenvalue weighted by atomic mass is 35.5. The molecule has 1 aromatic carbocycles. The first kappa shape index (κ1) is 17.6. The Labute approximate surface area is 141 Å². The van der Waals surface area contributed by atoms with Crippen molar-refractivity contribution in [3.05, 3.63) is 29.3 Å². The molecule has 0 saturated carbocycles. The van der Waals surface area contributed by atoms with Gasteiger partial charge in [0, 0.05) is 36.7 Å². The second kappa shape index (κ2) is 10.1. The van der Waals surface area contributed by atoms with Crippen molar-refractivity contribution >= 4 is 29.3 Å². The fraction of sp³-hybridized carbons (Fsp3) is 0.562. The fourth-order valence-corrected chi connectivity index (χ4v) is 3.45. The summed E-state index contributed by atoms with van der Waals surface area (Å²) in [6, 6.07) is 7.72. The largest absolute Gasteiger partial charge is 0.379 e. The Balaban J connectivity index is 1.51. The molecule has 1 aliphatic rings. The Morgan fingerprint density at radius 3 is 2.86 bits per heavy atom. The minimum atomic E-state index is 0.113. The van der Waals surface area contributed by atoms with Crippen molar-refractivity contribution < 1.29 is 9.53 Å². The Bertz CT molecular complexity index is 467. The molecule has 0 aliphatic carbocycles. The standard InChI is InChI=1S/C16H23ClN2O2S/c17-14-4-1-2-5-15(14)22-13-6-16(20)18-7-3-8-19-9-11-21-12-10-19/h1-2,4-5H,3,6-13H2,(H,18,20). The van der Waals surface area contributed by atoms with E-state index in [9.17, 15) is 4.79 Å². The lowest BCUT2D eigenvalue weighted by atomic mass is 10.3. The smallest absolute Gasteiger partial charge is 0.220 e. The average Bonchev–Trinajstić information content (AvgIpc) is 2.54. The summed E-state index contributed by atoms with van der Waals surface area (Å²) in [4.78, 5) is 15.2. The lowest BCUT2D eigenvalue weighted by Gasteiger charge is -2.26. The highest BCUT2D eigenvalue weighted by Gasteiger charge is 2.09. The predicted molar refractivity (Wildman–Crippen MR) is 91.7 cm³/mol. The number of hydrogen-bond donors (Lipinski definition) is 1. The van der Waals surface area contributed by atoms with E-state index >= 15 is 0 Å². The van der Waals surface area contributed by atoms with Crippen LogP contribution in [0.1, 0.15) is 12.8 Å². The molecule has 4 nitrogen and oxygen atoms in total. The predicted octanol–water partition coefficient (Wildman–Crippen LogP) is 2.66. The summed E-state index contributed by atoms with van der Waals surface area (Å²) in [5.74, 6) is 0.862. The molecule has 1 aromatic rings. The van der Waals surface area contributed by atoms with Crippen LogP contribution in [0.3, 0.4) is 0 Å². The number of ether oxygens (including phenoxy) is 1. The van der Waals surface area contributed by atoms with Crippen LogP contribution in [0.4, 0.5) is 0 Å². The molecule has 6 heteroatoms. The fourth-order valence-electron chi connectivity index (χ4n) is 2.26. The molecule has 122 valence electrons. The Kier molecular flexibility index (Phi) is 8.08. The van der Waals surface area contributed by atoms with E-state index in [0.29, 0.717) is 6.42 Å². The van der Waals surface area contributed by atoms with E-state index in [2.05, 4.69) is 10.2 Å². The number of carbonyl (C=O) groups is 1. The normalized spacial score (nSPS) is 15.7. The van der Waals surface area contributed by atoms with Crippen LogP contribution >= 0.6 is 23.4 Å². The van der Waals surface area contributed by atoms with Gasteiger partial charge in [-0.05, 0) is 25.1 Å². The van der Waals surface area contributed by atoms with Gasteiger partial charge >= 0.3 is 0 Å². The molecular weight excluding hydrogens is 320 g/mol. The Hall–Kier alpha value is -0.750. The van der Waals surface area contributed by atoms with Crippen LogP contribution in [-0.4, -0.2) is 56.0 Å². The van der Waals surface area contributed by atoms with E-state index in [1.54, 1.807) is 11.8 Å². The number of hydrogen-bond acceptors (Lipinski definition) is 4. The molecule has 1 amide bonds. The van der Waals surface area contributed by atoms with Crippen LogP contribution in [0.5, 0.6) is 0 Å². The van der Waals surface area contributed by atoms with E-state index in [0.717, 1.165) is 61.5 Å². The number of carbonyl (C=O) groups excluding carboxylic acids is 1. The summed E-state index contributed by atoms with van der Waals surface area (Å²) in [5.41, 5.74) is 0. The van der Waals surface area contributed by atoms with Crippen molar-refractivity contribution in [1.29, 1.82) is 0 Å². The van der Waals surface area contributed by atoms with Gasteiger partial charge in [-0.3, -0.25) is 9.69 Å². The van der Waals surface area contributed by atoms with Crippen molar-refractivity contribution in [2.75, 3.05) is 45.1 Å². The summed E-state index contributed by atoms with van der Waals surface area (Å²) >= 11 is 7.70. The minimum Gasteiger partial charge on any atom is -0.379 e. The number of halogens is 1. The van der Waals surface area contributed by atoms with Crippen LogP contribution in [0.25, 0.3) is 0 Å². The summed E-state index contributed by atoms with van der Waals surface area (Å²) in [6.45, 7) is 5.42. The van der Waals surface area contributed by atoms with Gasteiger partial charge in [-0.15, -0.1) is 11.8 Å². The zero-order valence-electron chi connectivity index (χ0n) is 12.7. The zero-order valence-corrected chi connectivity index (χ0v) is 14.3. The minimum absolute atomic E-state index is 0.113. The number of thioether (sulfide) groups is 1. The quantitative estimate of drug-likeness (QED) is 0.582. The van der Waals surface area contributed by atoms with Gasteiger partial charge in [0.2, 0.25) is 5.91 Å². The molecule has 2 rings (SSSR count). The topological polar surface area (TPSA) is 41.6 Å². The van der Waals surface area contributed by atoms with E-state index in [1.165, 1.54) is 0 Å². The van der Waals surface area contributed by atoms with Gasteiger partial charge in [0.15, 0.2) is 0 Å². The lowest BCUT2D eigenvalue weighted by Crippen LogP contribution is -2.38. The van der Waals surface area contributed by atoms with Crippen molar-refractivity contribution in [1.82, 2.24) is 10.2 Å². The highest BCUT2D eigenvalue weighted by Crippen LogP contribution is 2.26. The molecule has 0 spiro atoms. The molecule has 1 fully saturated rings. The van der Waals surface area contributed by atoms with Crippen LogP contribution in [0, 0.1) is 0 Å². The first-order chi connectivity index (χ1) is 10.8. The zero-order chi connectivity index (χ0) is 15.6.